The Labute approximate surface area is 128 Å². The molecule has 5 nitrogen and oxygen atoms in total. The molecule has 0 spiro atoms. The molecule has 1 aliphatic heterocycles. The van der Waals surface area contributed by atoms with E-state index in [4.69, 9.17) is 0 Å². The maximum absolute atomic E-state index is 11.7. The Bertz CT molecular complexity index is 332. The van der Waals surface area contributed by atoms with Gasteiger partial charge in [-0.05, 0) is 25.7 Å². The smallest absolute Gasteiger partial charge is 0.236 e. The number of likely N-dealkylation sites (N-methyl/N-ethyl adjacent to an activating group) is 1. The number of likely N-dealkylation sites (tertiary alicyclic amines) is 1. The molecule has 0 radical (unpaired) electrons. The van der Waals surface area contributed by atoms with Crippen LogP contribution in [0.3, 0.4) is 0 Å². The molecule has 5 heteroatoms. The van der Waals surface area contributed by atoms with Gasteiger partial charge in [-0.15, -0.1) is 0 Å². The van der Waals surface area contributed by atoms with E-state index < -0.39 is 0 Å². The number of piperidine rings is 1. The minimum Gasteiger partial charge on any atom is -0.396 e. The number of hydrogen-bond acceptors (Lipinski definition) is 4. The molecular formula is C16H31N3O2. The van der Waals surface area contributed by atoms with E-state index >= 15 is 0 Å². The van der Waals surface area contributed by atoms with Gasteiger partial charge >= 0.3 is 0 Å². The van der Waals surface area contributed by atoms with Crippen LogP contribution in [0.25, 0.3) is 0 Å². The Morgan fingerprint density at radius 3 is 2.43 bits per heavy atom. The topological polar surface area (TPSA) is 55.8 Å². The number of carbonyl (C=O) groups excluding carboxylic acids is 1. The molecule has 21 heavy (non-hydrogen) atoms. The molecule has 0 unspecified atom stereocenters. The van der Waals surface area contributed by atoms with E-state index in [2.05, 4.69) is 10.2 Å². The summed E-state index contributed by atoms with van der Waals surface area (Å²) in [6.45, 7) is 3.79. The summed E-state index contributed by atoms with van der Waals surface area (Å²) >= 11 is 0. The Hall–Kier alpha value is -0.650. The van der Waals surface area contributed by atoms with Gasteiger partial charge in [-0.3, -0.25) is 9.69 Å². The lowest BCUT2D eigenvalue weighted by Gasteiger charge is -2.35. The fourth-order valence-corrected chi connectivity index (χ4v) is 3.50. The number of nitrogens with one attached hydrogen (secondary N) is 1. The molecular weight excluding hydrogens is 266 g/mol. The fraction of sp³-hybridized carbons (Fsp3) is 0.938. The van der Waals surface area contributed by atoms with Crippen molar-refractivity contribution in [3.05, 3.63) is 0 Å². The highest BCUT2D eigenvalue weighted by atomic mass is 16.3. The van der Waals surface area contributed by atoms with Crippen molar-refractivity contribution in [3.63, 3.8) is 0 Å². The highest BCUT2D eigenvalue weighted by molar-refractivity contribution is 5.77. The minimum atomic E-state index is 0.137. The highest BCUT2D eigenvalue weighted by Crippen LogP contribution is 2.37. The van der Waals surface area contributed by atoms with Gasteiger partial charge in [0.25, 0.3) is 0 Å². The van der Waals surface area contributed by atoms with Crippen molar-refractivity contribution in [2.24, 2.45) is 5.41 Å². The summed E-state index contributed by atoms with van der Waals surface area (Å²) in [6.07, 6.45) is 7.03. The van der Waals surface area contributed by atoms with Crippen molar-refractivity contribution in [1.29, 1.82) is 0 Å². The van der Waals surface area contributed by atoms with E-state index in [0.717, 1.165) is 45.3 Å². The quantitative estimate of drug-likeness (QED) is 0.757. The first kappa shape index (κ1) is 16.7. The van der Waals surface area contributed by atoms with Crippen LogP contribution in [-0.4, -0.2) is 73.7 Å². The molecule has 2 aliphatic rings. The van der Waals surface area contributed by atoms with Crippen molar-refractivity contribution >= 4 is 5.91 Å². The normalized spacial score (nSPS) is 23.4. The lowest BCUT2D eigenvalue weighted by molar-refractivity contribution is -0.130. The third-order valence-corrected chi connectivity index (χ3v) is 5.21. The van der Waals surface area contributed by atoms with Gasteiger partial charge < -0.3 is 15.3 Å². The molecule has 1 heterocycles. The van der Waals surface area contributed by atoms with Gasteiger partial charge in [-0.25, -0.2) is 0 Å². The molecule has 1 aliphatic carbocycles. The molecule has 1 amide bonds. The molecule has 0 aromatic heterocycles. The van der Waals surface area contributed by atoms with Gasteiger partial charge in [0.2, 0.25) is 5.91 Å². The molecule has 1 saturated carbocycles. The van der Waals surface area contributed by atoms with Crippen LogP contribution in [-0.2, 0) is 4.79 Å². The summed E-state index contributed by atoms with van der Waals surface area (Å²) in [6, 6.07) is 0.541. The molecule has 122 valence electrons. The lowest BCUT2D eigenvalue weighted by atomic mass is 9.86. The van der Waals surface area contributed by atoms with Crippen molar-refractivity contribution in [1.82, 2.24) is 15.1 Å². The second-order valence-electron chi connectivity index (χ2n) is 7.08. The number of carbonyl (C=O) groups is 1. The van der Waals surface area contributed by atoms with Crippen LogP contribution >= 0.6 is 0 Å². The average Bonchev–Trinajstić information content (AvgIpc) is 2.96. The summed E-state index contributed by atoms with van der Waals surface area (Å²) in [4.78, 5) is 15.6. The van der Waals surface area contributed by atoms with E-state index in [0.29, 0.717) is 19.2 Å². The second kappa shape index (κ2) is 7.56. The van der Waals surface area contributed by atoms with E-state index in [-0.39, 0.29) is 11.3 Å². The first-order valence-electron chi connectivity index (χ1n) is 8.31. The lowest BCUT2D eigenvalue weighted by Crippen LogP contribution is -2.48. The molecule has 0 aromatic carbocycles. The number of aliphatic hydroxyl groups is 1. The zero-order valence-electron chi connectivity index (χ0n) is 13.6. The summed E-state index contributed by atoms with van der Waals surface area (Å²) in [7, 11) is 3.62. The first-order chi connectivity index (χ1) is 10.0. The molecule has 2 fully saturated rings. The van der Waals surface area contributed by atoms with Crippen molar-refractivity contribution < 1.29 is 9.90 Å². The number of aliphatic hydroxyl groups excluding tert-OH is 1. The zero-order chi connectivity index (χ0) is 15.3. The Morgan fingerprint density at radius 1 is 1.29 bits per heavy atom. The fourth-order valence-electron chi connectivity index (χ4n) is 3.50. The van der Waals surface area contributed by atoms with E-state index in [1.807, 2.05) is 14.1 Å². The number of hydrogen-bond donors (Lipinski definition) is 2. The summed E-state index contributed by atoms with van der Waals surface area (Å²) in [5.41, 5.74) is 0.137. The molecule has 2 N–H and O–H groups in total. The summed E-state index contributed by atoms with van der Waals surface area (Å²) in [5.74, 6) is 0.187. The Kier molecular flexibility index (Phi) is 6.02. The van der Waals surface area contributed by atoms with Crippen molar-refractivity contribution in [3.8, 4) is 0 Å². The maximum Gasteiger partial charge on any atom is 0.236 e. The first-order valence-corrected chi connectivity index (χ1v) is 8.31. The number of nitrogens with zero attached hydrogens (tertiary/aromatic N) is 2. The number of amides is 1. The monoisotopic (exact) mass is 297 g/mol. The van der Waals surface area contributed by atoms with Gasteiger partial charge in [0.1, 0.15) is 0 Å². The summed E-state index contributed by atoms with van der Waals surface area (Å²) in [5, 5.41) is 13.3. The second-order valence-corrected chi connectivity index (χ2v) is 7.08. The SMILES string of the molecule is CN(C)C(=O)CN1CCC(NCC2(CO)CCCC2)CC1. The molecule has 1 saturated heterocycles. The van der Waals surface area contributed by atoms with Crippen LogP contribution in [0, 0.1) is 5.41 Å². The standard InChI is InChI=1S/C16H31N3O2/c1-18(2)15(21)11-19-9-5-14(6-10-19)17-12-16(13-20)7-3-4-8-16/h14,17,20H,3-13H2,1-2H3. The van der Waals surface area contributed by atoms with Gasteiger partial charge in [-0.2, -0.15) is 0 Å². The average molecular weight is 297 g/mol. The van der Waals surface area contributed by atoms with Gasteiger partial charge in [-0.1, -0.05) is 12.8 Å². The van der Waals surface area contributed by atoms with E-state index in [1.54, 1.807) is 4.90 Å². The maximum atomic E-state index is 11.7. The molecule has 0 aromatic rings. The van der Waals surface area contributed by atoms with Gasteiger partial charge in [0.05, 0.1) is 6.54 Å². The van der Waals surface area contributed by atoms with Gasteiger partial charge in [0, 0.05) is 51.8 Å². The van der Waals surface area contributed by atoms with Crippen LogP contribution in [0.5, 0.6) is 0 Å². The van der Waals surface area contributed by atoms with Gasteiger partial charge in [0.15, 0.2) is 0 Å². The zero-order valence-corrected chi connectivity index (χ0v) is 13.6. The van der Waals surface area contributed by atoms with E-state index in [1.165, 1.54) is 12.8 Å². The predicted molar refractivity (Wildman–Crippen MR) is 84.1 cm³/mol. The predicted octanol–water partition coefficient (Wildman–Crippen LogP) is 0.681. The van der Waals surface area contributed by atoms with Crippen LogP contribution in [0.15, 0.2) is 0 Å². The number of rotatable bonds is 6. The van der Waals surface area contributed by atoms with Crippen LogP contribution in [0.4, 0.5) is 0 Å². The van der Waals surface area contributed by atoms with Crippen LogP contribution < -0.4 is 5.32 Å². The van der Waals surface area contributed by atoms with Crippen LogP contribution in [0.1, 0.15) is 38.5 Å². The molecule has 0 atom stereocenters. The third-order valence-electron chi connectivity index (χ3n) is 5.21. The summed E-state index contributed by atoms with van der Waals surface area (Å²) < 4.78 is 0. The molecule has 2 rings (SSSR count). The van der Waals surface area contributed by atoms with Crippen molar-refractivity contribution in [2.75, 3.05) is 46.9 Å². The Balaban J connectivity index is 1.68. The van der Waals surface area contributed by atoms with E-state index in [9.17, 15) is 9.90 Å². The van der Waals surface area contributed by atoms with Crippen molar-refractivity contribution in [2.45, 2.75) is 44.6 Å². The largest absolute Gasteiger partial charge is 0.396 e. The third kappa shape index (κ3) is 4.66. The van der Waals surface area contributed by atoms with Crippen LogP contribution in [0.2, 0.25) is 0 Å². The minimum absolute atomic E-state index is 0.137. The Morgan fingerprint density at radius 2 is 1.90 bits per heavy atom. The highest BCUT2D eigenvalue weighted by Gasteiger charge is 2.33. The molecule has 0 bridgehead atoms.